The van der Waals surface area contributed by atoms with E-state index in [4.69, 9.17) is 4.42 Å². The van der Waals surface area contributed by atoms with Crippen LogP contribution >= 0.6 is 0 Å². The Balaban J connectivity index is 1.23. The first-order valence-electron chi connectivity index (χ1n) is 13.9. The van der Waals surface area contributed by atoms with Gasteiger partial charge in [0.05, 0.1) is 5.69 Å². The summed E-state index contributed by atoms with van der Waals surface area (Å²) in [5, 5.41) is 0. The van der Waals surface area contributed by atoms with Gasteiger partial charge in [-0.1, -0.05) is 87.2 Å². The summed E-state index contributed by atoms with van der Waals surface area (Å²) in [6.07, 6.45) is 5.65. The molecule has 0 saturated carbocycles. The van der Waals surface area contributed by atoms with E-state index in [1.54, 1.807) is 0 Å². The predicted octanol–water partition coefficient (Wildman–Crippen LogP) is 6.58. The summed E-state index contributed by atoms with van der Waals surface area (Å²) in [5.41, 5.74) is 5.75. The molecule has 6 heteroatoms. The van der Waals surface area contributed by atoms with Crippen molar-refractivity contribution in [2.24, 2.45) is 0 Å². The first kappa shape index (κ1) is 26.0. The maximum absolute atomic E-state index is 12.9. The molecule has 0 amide bonds. The highest BCUT2D eigenvalue weighted by Gasteiger charge is 2.23. The molecule has 1 aliphatic heterocycles. The van der Waals surface area contributed by atoms with Crippen molar-refractivity contribution in [3.05, 3.63) is 88.9 Å². The van der Waals surface area contributed by atoms with Crippen molar-refractivity contribution in [2.45, 2.75) is 52.0 Å². The lowest BCUT2D eigenvalue weighted by Crippen LogP contribution is -2.46. The van der Waals surface area contributed by atoms with E-state index < -0.39 is 5.76 Å². The lowest BCUT2D eigenvalue weighted by molar-refractivity contribution is 0.0895. The summed E-state index contributed by atoms with van der Waals surface area (Å²) in [6.45, 7) is 6.55. The second-order valence-electron chi connectivity index (χ2n) is 10.2. The zero-order chi connectivity index (χ0) is 26.3. The van der Waals surface area contributed by atoms with Gasteiger partial charge in [-0.15, -0.1) is 0 Å². The standard InChI is InChI=1S/C32H37N3O3/c1-2-3-4-5-9-18-30(36)35-29-17-11-16-28(31(29)38-32(35)37)34-21-19-33(20-22-34)24-25-12-10-15-27(23-25)26-13-7-6-8-14-26/h6-8,10-17,23H,2-5,9,18-22,24H2,1H3. The topological polar surface area (TPSA) is 58.7 Å². The second-order valence-corrected chi connectivity index (χ2v) is 10.2. The number of carbonyl (C=O) groups excluding carboxylic acids is 1. The molecule has 3 aromatic carbocycles. The molecule has 0 N–H and O–H groups in total. The average molecular weight is 512 g/mol. The molecular weight excluding hydrogens is 474 g/mol. The van der Waals surface area contributed by atoms with Gasteiger partial charge in [-0.2, -0.15) is 0 Å². The number of unbranched alkanes of at least 4 members (excludes halogenated alkanes) is 4. The lowest BCUT2D eigenvalue weighted by atomic mass is 10.0. The Hall–Kier alpha value is -3.64. The van der Waals surface area contributed by atoms with E-state index in [0.717, 1.165) is 64.1 Å². The van der Waals surface area contributed by atoms with Gasteiger partial charge in [-0.05, 0) is 41.3 Å². The van der Waals surface area contributed by atoms with E-state index in [0.29, 0.717) is 17.5 Å². The Labute approximate surface area is 224 Å². The number of anilines is 1. The molecule has 5 rings (SSSR count). The van der Waals surface area contributed by atoms with Crippen molar-refractivity contribution in [2.75, 3.05) is 31.1 Å². The Morgan fingerprint density at radius 2 is 1.55 bits per heavy atom. The molecule has 0 spiro atoms. The molecule has 6 nitrogen and oxygen atoms in total. The minimum atomic E-state index is -0.581. The molecular formula is C32H37N3O3. The minimum Gasteiger partial charge on any atom is -0.405 e. The van der Waals surface area contributed by atoms with Gasteiger partial charge in [0.1, 0.15) is 5.52 Å². The second kappa shape index (κ2) is 12.3. The van der Waals surface area contributed by atoms with Crippen molar-refractivity contribution >= 4 is 22.7 Å². The highest BCUT2D eigenvalue weighted by Crippen LogP contribution is 2.28. The van der Waals surface area contributed by atoms with Crippen LogP contribution in [0.25, 0.3) is 22.2 Å². The fourth-order valence-corrected chi connectivity index (χ4v) is 5.39. The number of piperazine rings is 1. The van der Waals surface area contributed by atoms with Crippen LogP contribution in [0.2, 0.25) is 0 Å². The highest BCUT2D eigenvalue weighted by molar-refractivity contribution is 5.94. The first-order valence-corrected chi connectivity index (χ1v) is 13.9. The van der Waals surface area contributed by atoms with Crippen molar-refractivity contribution < 1.29 is 9.21 Å². The van der Waals surface area contributed by atoms with E-state index in [9.17, 15) is 9.59 Å². The SMILES string of the molecule is CCCCCCCC(=O)n1c(=O)oc2c(N3CCN(Cc4cccc(-c5ccccc5)c4)CC3)cccc21. The molecule has 1 aliphatic rings. The number of rotatable bonds is 10. The van der Waals surface area contributed by atoms with E-state index in [-0.39, 0.29) is 5.91 Å². The number of para-hydroxylation sites is 1. The lowest BCUT2D eigenvalue weighted by Gasteiger charge is -2.36. The minimum absolute atomic E-state index is 0.176. The number of carbonyl (C=O) groups is 1. The molecule has 38 heavy (non-hydrogen) atoms. The number of benzene rings is 3. The van der Waals surface area contributed by atoms with Gasteiger partial charge in [-0.25, -0.2) is 9.36 Å². The Bertz CT molecular complexity index is 1410. The van der Waals surface area contributed by atoms with Crippen molar-refractivity contribution in [1.82, 2.24) is 9.47 Å². The summed E-state index contributed by atoms with van der Waals surface area (Å²) in [5.74, 6) is -0.757. The van der Waals surface area contributed by atoms with Crippen molar-refractivity contribution in [3.63, 3.8) is 0 Å². The third-order valence-corrected chi connectivity index (χ3v) is 7.48. The summed E-state index contributed by atoms with van der Waals surface area (Å²) >= 11 is 0. The van der Waals surface area contributed by atoms with E-state index >= 15 is 0 Å². The van der Waals surface area contributed by atoms with E-state index in [2.05, 4.69) is 65.3 Å². The largest absolute Gasteiger partial charge is 0.426 e. The summed E-state index contributed by atoms with van der Waals surface area (Å²) in [4.78, 5) is 30.3. The van der Waals surface area contributed by atoms with Crippen molar-refractivity contribution in [1.29, 1.82) is 0 Å². The van der Waals surface area contributed by atoms with Crippen LogP contribution in [0.3, 0.4) is 0 Å². The summed E-state index contributed by atoms with van der Waals surface area (Å²) in [6, 6.07) is 25.0. The molecule has 1 aromatic heterocycles. The predicted molar refractivity (Wildman–Crippen MR) is 154 cm³/mol. The smallest absolute Gasteiger partial charge is 0.405 e. The van der Waals surface area contributed by atoms with Crippen LogP contribution in [-0.2, 0) is 6.54 Å². The third kappa shape index (κ3) is 5.91. The van der Waals surface area contributed by atoms with Crippen molar-refractivity contribution in [3.8, 4) is 11.1 Å². The fraction of sp³-hybridized carbons (Fsp3) is 0.375. The average Bonchev–Trinajstić information content (AvgIpc) is 3.30. The van der Waals surface area contributed by atoms with Crippen LogP contribution in [-0.4, -0.2) is 41.6 Å². The number of hydrogen-bond acceptors (Lipinski definition) is 5. The zero-order valence-electron chi connectivity index (χ0n) is 22.3. The van der Waals surface area contributed by atoms with Gasteiger partial charge in [-0.3, -0.25) is 9.69 Å². The third-order valence-electron chi connectivity index (χ3n) is 7.48. The van der Waals surface area contributed by atoms with E-state index in [1.165, 1.54) is 27.7 Å². The highest BCUT2D eigenvalue weighted by atomic mass is 16.4. The van der Waals surface area contributed by atoms with Gasteiger partial charge in [0.25, 0.3) is 0 Å². The molecule has 198 valence electrons. The van der Waals surface area contributed by atoms with Crippen LogP contribution in [0.4, 0.5) is 5.69 Å². The fourth-order valence-electron chi connectivity index (χ4n) is 5.39. The molecule has 2 heterocycles. The molecule has 0 radical (unpaired) electrons. The van der Waals surface area contributed by atoms with Gasteiger partial charge >= 0.3 is 5.76 Å². The van der Waals surface area contributed by atoms with Gasteiger partial charge in [0.15, 0.2) is 5.58 Å². The van der Waals surface area contributed by atoms with Gasteiger partial charge < -0.3 is 9.32 Å². The molecule has 1 fully saturated rings. The number of nitrogens with zero attached hydrogens (tertiary/aromatic N) is 3. The molecule has 0 unspecified atom stereocenters. The van der Waals surface area contributed by atoms with Gasteiger partial charge in [0.2, 0.25) is 5.91 Å². The number of fused-ring (bicyclic) bond motifs is 1. The van der Waals surface area contributed by atoms with Gasteiger partial charge in [0, 0.05) is 39.1 Å². The monoisotopic (exact) mass is 511 g/mol. The maximum Gasteiger partial charge on any atom is 0.426 e. The molecule has 0 atom stereocenters. The van der Waals surface area contributed by atoms with Crippen LogP contribution in [0, 0.1) is 0 Å². The quantitative estimate of drug-likeness (QED) is 0.225. The Morgan fingerprint density at radius 1 is 0.816 bits per heavy atom. The number of oxazole rings is 1. The van der Waals surface area contributed by atoms with Crippen LogP contribution in [0.15, 0.2) is 82.0 Å². The molecule has 0 aliphatic carbocycles. The Morgan fingerprint density at radius 3 is 2.34 bits per heavy atom. The van der Waals surface area contributed by atoms with Crippen LogP contribution in [0.5, 0.6) is 0 Å². The molecule has 0 bridgehead atoms. The normalized spacial score (nSPS) is 14.3. The zero-order valence-corrected chi connectivity index (χ0v) is 22.3. The maximum atomic E-state index is 12.9. The van der Waals surface area contributed by atoms with E-state index in [1.807, 2.05) is 24.3 Å². The number of hydrogen-bond donors (Lipinski definition) is 0. The molecule has 4 aromatic rings. The summed E-state index contributed by atoms with van der Waals surface area (Å²) in [7, 11) is 0. The number of aromatic nitrogens is 1. The van der Waals surface area contributed by atoms with Crippen LogP contribution < -0.4 is 10.7 Å². The first-order chi connectivity index (χ1) is 18.6. The molecule has 1 saturated heterocycles. The Kier molecular flexibility index (Phi) is 8.39. The van der Waals surface area contributed by atoms with Crippen LogP contribution in [0.1, 0.15) is 55.8 Å². The summed E-state index contributed by atoms with van der Waals surface area (Å²) < 4.78 is 6.89.